The molecular weight excluding hydrogens is 363 g/mol. The second-order valence-electron chi connectivity index (χ2n) is 4.34. The number of alkyl halides is 1. The number of anilines is 2. The van der Waals surface area contributed by atoms with Crippen molar-refractivity contribution < 1.29 is 4.79 Å². The molecule has 2 rings (SSSR count). The lowest BCUT2D eigenvalue weighted by molar-refractivity contribution is -0.112. The van der Waals surface area contributed by atoms with E-state index in [1.54, 1.807) is 18.3 Å². The molecule has 0 saturated heterocycles. The summed E-state index contributed by atoms with van der Waals surface area (Å²) in [7, 11) is 0. The molecular formula is C16H15IN2O. The van der Waals surface area contributed by atoms with Gasteiger partial charge in [0.1, 0.15) is 5.82 Å². The van der Waals surface area contributed by atoms with Crippen LogP contribution in [-0.4, -0.2) is 10.8 Å². The standard InChI is InChI=1S/C16H15IN2O/c1-12(20)4-7-14-3-2-10-18-16(14)19-15-8-5-13(11-17)6-9-15/h2-10H,11H2,1H3,(H,18,19)/b7-4+. The Bertz CT molecular complexity index is 621. The van der Waals surface area contributed by atoms with Gasteiger partial charge in [-0.2, -0.15) is 0 Å². The fourth-order valence-electron chi connectivity index (χ4n) is 1.68. The Morgan fingerprint density at radius 3 is 2.70 bits per heavy atom. The molecule has 0 saturated carbocycles. The average molecular weight is 378 g/mol. The zero-order valence-corrected chi connectivity index (χ0v) is 13.3. The predicted molar refractivity (Wildman–Crippen MR) is 91.4 cm³/mol. The van der Waals surface area contributed by atoms with Gasteiger partial charge in [0, 0.05) is 21.9 Å². The minimum absolute atomic E-state index is 0.0196. The monoisotopic (exact) mass is 378 g/mol. The first-order valence-electron chi connectivity index (χ1n) is 6.24. The van der Waals surface area contributed by atoms with Crippen molar-refractivity contribution in [2.24, 2.45) is 0 Å². The van der Waals surface area contributed by atoms with E-state index in [9.17, 15) is 4.79 Å². The number of benzene rings is 1. The van der Waals surface area contributed by atoms with Crippen molar-refractivity contribution in [3.05, 3.63) is 59.8 Å². The Morgan fingerprint density at radius 1 is 1.30 bits per heavy atom. The van der Waals surface area contributed by atoms with Crippen molar-refractivity contribution in [2.75, 3.05) is 5.32 Å². The van der Waals surface area contributed by atoms with E-state index in [2.05, 4.69) is 45.0 Å². The van der Waals surface area contributed by atoms with Gasteiger partial charge < -0.3 is 5.32 Å². The van der Waals surface area contributed by atoms with Crippen LogP contribution < -0.4 is 5.32 Å². The Kier molecular flexibility index (Phi) is 5.29. The third-order valence-electron chi connectivity index (χ3n) is 2.71. The highest BCUT2D eigenvalue weighted by Crippen LogP contribution is 2.20. The maximum absolute atomic E-state index is 11.0. The molecule has 0 atom stereocenters. The van der Waals surface area contributed by atoms with Gasteiger partial charge in [0.15, 0.2) is 5.78 Å². The summed E-state index contributed by atoms with van der Waals surface area (Å²) in [6.07, 6.45) is 5.05. The molecule has 1 aromatic carbocycles. The number of allylic oxidation sites excluding steroid dienone is 1. The number of hydrogen-bond acceptors (Lipinski definition) is 3. The van der Waals surface area contributed by atoms with Crippen molar-refractivity contribution in [1.82, 2.24) is 4.98 Å². The van der Waals surface area contributed by atoms with E-state index in [1.165, 1.54) is 12.5 Å². The molecule has 102 valence electrons. The van der Waals surface area contributed by atoms with E-state index in [0.717, 1.165) is 21.5 Å². The molecule has 0 aliphatic heterocycles. The molecule has 0 radical (unpaired) electrons. The fraction of sp³-hybridized carbons (Fsp3) is 0.125. The van der Waals surface area contributed by atoms with Gasteiger partial charge >= 0.3 is 0 Å². The Morgan fingerprint density at radius 2 is 2.05 bits per heavy atom. The maximum Gasteiger partial charge on any atom is 0.152 e. The van der Waals surface area contributed by atoms with Crippen LogP contribution in [0.4, 0.5) is 11.5 Å². The summed E-state index contributed by atoms with van der Waals surface area (Å²) in [4.78, 5) is 15.3. The number of aromatic nitrogens is 1. The smallest absolute Gasteiger partial charge is 0.152 e. The Labute approximate surface area is 132 Å². The molecule has 0 aliphatic carbocycles. The topological polar surface area (TPSA) is 42.0 Å². The normalized spacial score (nSPS) is 10.7. The summed E-state index contributed by atoms with van der Waals surface area (Å²) in [6, 6.07) is 12.0. The molecule has 1 N–H and O–H groups in total. The molecule has 1 aromatic heterocycles. The predicted octanol–water partition coefficient (Wildman–Crippen LogP) is 4.36. The first-order chi connectivity index (χ1) is 9.69. The zero-order valence-electron chi connectivity index (χ0n) is 11.1. The molecule has 0 bridgehead atoms. The maximum atomic E-state index is 11.0. The first-order valence-corrected chi connectivity index (χ1v) is 7.77. The molecule has 0 spiro atoms. The van der Waals surface area contributed by atoms with Crippen LogP contribution in [0.2, 0.25) is 0 Å². The van der Waals surface area contributed by atoms with E-state index >= 15 is 0 Å². The summed E-state index contributed by atoms with van der Waals surface area (Å²) < 4.78 is 0.994. The summed E-state index contributed by atoms with van der Waals surface area (Å²) >= 11 is 2.34. The number of pyridine rings is 1. The number of ketones is 1. The van der Waals surface area contributed by atoms with Gasteiger partial charge in [0.05, 0.1) is 0 Å². The Balaban J connectivity index is 2.21. The highest BCUT2D eigenvalue weighted by Gasteiger charge is 2.01. The SMILES string of the molecule is CC(=O)/C=C/c1cccnc1Nc1ccc(CI)cc1. The van der Waals surface area contributed by atoms with Gasteiger partial charge in [0.25, 0.3) is 0 Å². The minimum Gasteiger partial charge on any atom is -0.340 e. The van der Waals surface area contributed by atoms with E-state index < -0.39 is 0 Å². The van der Waals surface area contributed by atoms with E-state index in [1.807, 2.05) is 24.3 Å². The molecule has 0 unspecified atom stereocenters. The molecule has 0 aliphatic rings. The highest BCUT2D eigenvalue weighted by atomic mass is 127. The number of hydrogen-bond donors (Lipinski definition) is 1. The van der Waals surface area contributed by atoms with E-state index in [0.29, 0.717) is 0 Å². The third-order valence-corrected chi connectivity index (χ3v) is 3.59. The number of carbonyl (C=O) groups excluding carboxylic acids is 1. The summed E-state index contributed by atoms with van der Waals surface area (Å²) in [5.41, 5.74) is 3.16. The molecule has 3 nitrogen and oxygen atoms in total. The van der Waals surface area contributed by atoms with Gasteiger partial charge in [-0.25, -0.2) is 4.98 Å². The summed E-state index contributed by atoms with van der Waals surface area (Å²) in [5.74, 6) is 0.762. The number of nitrogens with zero attached hydrogens (tertiary/aromatic N) is 1. The molecule has 0 amide bonds. The van der Waals surface area contributed by atoms with Crippen molar-refractivity contribution in [1.29, 1.82) is 0 Å². The number of nitrogens with one attached hydrogen (secondary N) is 1. The molecule has 2 aromatic rings. The number of halogens is 1. The van der Waals surface area contributed by atoms with Gasteiger partial charge in [-0.15, -0.1) is 0 Å². The third kappa shape index (κ3) is 4.16. The second-order valence-corrected chi connectivity index (χ2v) is 5.10. The van der Waals surface area contributed by atoms with Crippen LogP contribution in [-0.2, 0) is 9.22 Å². The van der Waals surface area contributed by atoms with Crippen molar-refractivity contribution in [2.45, 2.75) is 11.4 Å². The van der Waals surface area contributed by atoms with Crippen molar-refractivity contribution >= 4 is 46.0 Å². The lowest BCUT2D eigenvalue weighted by Gasteiger charge is -2.08. The van der Waals surface area contributed by atoms with Gasteiger partial charge in [-0.05, 0) is 48.9 Å². The lowest BCUT2D eigenvalue weighted by Crippen LogP contribution is -1.96. The van der Waals surface area contributed by atoms with Crippen LogP contribution in [0.15, 0.2) is 48.7 Å². The van der Waals surface area contributed by atoms with Crippen LogP contribution in [0.3, 0.4) is 0 Å². The number of rotatable bonds is 5. The van der Waals surface area contributed by atoms with Crippen LogP contribution in [0.5, 0.6) is 0 Å². The first kappa shape index (κ1) is 14.7. The average Bonchev–Trinajstić information content (AvgIpc) is 2.47. The molecule has 1 heterocycles. The van der Waals surface area contributed by atoms with Crippen molar-refractivity contribution in [3.8, 4) is 0 Å². The van der Waals surface area contributed by atoms with Crippen LogP contribution in [0, 0.1) is 0 Å². The van der Waals surface area contributed by atoms with Crippen LogP contribution in [0.1, 0.15) is 18.1 Å². The molecule has 0 fully saturated rings. The Hall–Kier alpha value is -1.69. The molecule has 4 heteroatoms. The van der Waals surface area contributed by atoms with Crippen LogP contribution >= 0.6 is 22.6 Å². The highest BCUT2D eigenvalue weighted by molar-refractivity contribution is 14.1. The largest absolute Gasteiger partial charge is 0.340 e. The number of carbonyl (C=O) groups is 1. The van der Waals surface area contributed by atoms with Gasteiger partial charge in [-0.3, -0.25) is 4.79 Å². The second kappa shape index (κ2) is 7.19. The van der Waals surface area contributed by atoms with Crippen molar-refractivity contribution in [3.63, 3.8) is 0 Å². The molecule has 20 heavy (non-hydrogen) atoms. The summed E-state index contributed by atoms with van der Waals surface area (Å²) in [6.45, 7) is 1.53. The minimum atomic E-state index is 0.0196. The van der Waals surface area contributed by atoms with Gasteiger partial charge in [0.2, 0.25) is 0 Å². The van der Waals surface area contributed by atoms with E-state index in [4.69, 9.17) is 0 Å². The summed E-state index contributed by atoms with van der Waals surface area (Å²) in [5, 5.41) is 3.27. The van der Waals surface area contributed by atoms with Crippen LogP contribution in [0.25, 0.3) is 6.08 Å². The zero-order chi connectivity index (χ0) is 14.4. The fourth-order valence-corrected chi connectivity index (χ4v) is 2.19. The quantitative estimate of drug-likeness (QED) is 0.478. The lowest BCUT2D eigenvalue weighted by atomic mass is 10.2. The van der Waals surface area contributed by atoms with Gasteiger partial charge in [-0.1, -0.05) is 34.7 Å². The van der Waals surface area contributed by atoms with E-state index in [-0.39, 0.29) is 5.78 Å².